The zero-order chi connectivity index (χ0) is 25.2. The molecule has 1 aliphatic heterocycles. The molecule has 1 unspecified atom stereocenters. The molecule has 0 bridgehead atoms. The first-order valence-corrected chi connectivity index (χ1v) is 12.2. The highest BCUT2D eigenvalue weighted by molar-refractivity contribution is 6.21. The second-order valence-corrected chi connectivity index (χ2v) is 8.73. The van der Waals surface area contributed by atoms with Gasteiger partial charge in [-0.05, 0) is 23.3 Å². The summed E-state index contributed by atoms with van der Waals surface area (Å²) in [5, 5.41) is 0. The maximum absolute atomic E-state index is 14.8. The van der Waals surface area contributed by atoms with Gasteiger partial charge in [-0.15, -0.1) is 0 Å². The van der Waals surface area contributed by atoms with Crippen LogP contribution in [-0.2, 0) is 22.6 Å². The Balaban J connectivity index is 1.15. The number of carbonyl (C=O) groups is 2. The van der Waals surface area contributed by atoms with Crippen molar-refractivity contribution in [1.82, 2.24) is 9.80 Å². The summed E-state index contributed by atoms with van der Waals surface area (Å²) in [6, 6.07) is 26.8. The zero-order valence-corrected chi connectivity index (χ0v) is 20.2. The van der Waals surface area contributed by atoms with Crippen molar-refractivity contribution in [2.45, 2.75) is 19.3 Å². The number of imide groups is 1. The van der Waals surface area contributed by atoms with Gasteiger partial charge in [0.15, 0.2) is 0 Å². The largest absolute Gasteiger partial charge is 0.377 e. The lowest BCUT2D eigenvalue weighted by molar-refractivity contribution is 0.0132. The summed E-state index contributed by atoms with van der Waals surface area (Å²) in [4.78, 5) is 28.0. The molecule has 2 amide bonds. The van der Waals surface area contributed by atoms with Crippen molar-refractivity contribution < 1.29 is 23.5 Å². The molecule has 188 valence electrons. The van der Waals surface area contributed by atoms with Crippen LogP contribution >= 0.6 is 0 Å². The van der Waals surface area contributed by atoms with Crippen LogP contribution in [0.25, 0.3) is 0 Å². The number of benzene rings is 3. The van der Waals surface area contributed by atoms with Gasteiger partial charge in [-0.1, -0.05) is 72.8 Å². The quantitative estimate of drug-likeness (QED) is 0.248. The van der Waals surface area contributed by atoms with Gasteiger partial charge in [0.05, 0.1) is 44.1 Å². The third-order valence-electron chi connectivity index (χ3n) is 5.96. The van der Waals surface area contributed by atoms with Crippen LogP contribution in [-0.4, -0.2) is 67.3 Å². The molecule has 1 heterocycles. The van der Waals surface area contributed by atoms with E-state index in [9.17, 15) is 14.0 Å². The molecular weight excluding hydrogens is 459 g/mol. The Morgan fingerprint density at radius 3 is 1.75 bits per heavy atom. The highest BCUT2D eigenvalue weighted by atomic mass is 19.1. The molecule has 0 radical (unpaired) electrons. The number of nitrogens with zero attached hydrogens (tertiary/aromatic N) is 2. The Morgan fingerprint density at radius 2 is 1.19 bits per heavy atom. The zero-order valence-electron chi connectivity index (χ0n) is 20.2. The van der Waals surface area contributed by atoms with Gasteiger partial charge < -0.3 is 9.47 Å². The van der Waals surface area contributed by atoms with Gasteiger partial charge in [-0.25, -0.2) is 4.39 Å². The van der Waals surface area contributed by atoms with E-state index >= 15 is 0 Å². The number of fused-ring (bicyclic) bond motifs is 1. The van der Waals surface area contributed by atoms with Crippen molar-refractivity contribution >= 4 is 11.8 Å². The first-order valence-electron chi connectivity index (χ1n) is 12.2. The number of hydrogen-bond donors (Lipinski definition) is 0. The fourth-order valence-corrected chi connectivity index (χ4v) is 4.23. The van der Waals surface area contributed by atoms with Gasteiger partial charge in [0.1, 0.15) is 6.17 Å². The predicted molar refractivity (Wildman–Crippen MR) is 135 cm³/mol. The number of ether oxygens (including phenoxy) is 2. The van der Waals surface area contributed by atoms with Crippen LogP contribution in [0.4, 0.5) is 4.39 Å². The standard InChI is InChI=1S/C29H31FN2O4/c30-25(21-31(19-23-9-3-1-4-10-23)20-24-11-5-2-6-12-24)22-36-18-17-35-16-15-32-28(33)26-13-7-8-14-27(26)29(32)34/h1-14,25H,15-22H2. The minimum atomic E-state index is -1.14. The fourth-order valence-electron chi connectivity index (χ4n) is 4.23. The third-order valence-corrected chi connectivity index (χ3v) is 5.96. The SMILES string of the molecule is O=C1c2ccccc2C(=O)N1CCOCCOCC(F)CN(Cc1ccccc1)Cc1ccccc1. The molecule has 4 rings (SSSR count). The van der Waals surface area contributed by atoms with E-state index in [1.807, 2.05) is 60.7 Å². The van der Waals surface area contributed by atoms with Crippen molar-refractivity contribution in [3.8, 4) is 0 Å². The summed E-state index contributed by atoms with van der Waals surface area (Å²) in [6.07, 6.45) is -1.14. The summed E-state index contributed by atoms with van der Waals surface area (Å²) in [6.45, 7) is 2.40. The minimum Gasteiger partial charge on any atom is -0.377 e. The molecule has 3 aromatic carbocycles. The molecular formula is C29H31FN2O4. The monoisotopic (exact) mass is 490 g/mol. The second-order valence-electron chi connectivity index (χ2n) is 8.73. The van der Waals surface area contributed by atoms with E-state index in [4.69, 9.17) is 9.47 Å². The van der Waals surface area contributed by atoms with Gasteiger partial charge in [0.25, 0.3) is 11.8 Å². The van der Waals surface area contributed by atoms with Crippen LogP contribution in [0.15, 0.2) is 84.9 Å². The molecule has 0 N–H and O–H groups in total. The van der Waals surface area contributed by atoms with Crippen LogP contribution in [0.3, 0.4) is 0 Å². The molecule has 36 heavy (non-hydrogen) atoms. The van der Waals surface area contributed by atoms with Crippen LogP contribution in [0.2, 0.25) is 0 Å². The number of alkyl halides is 1. The maximum Gasteiger partial charge on any atom is 0.261 e. The Hall–Kier alpha value is -3.39. The molecule has 0 fully saturated rings. The molecule has 6 nitrogen and oxygen atoms in total. The molecule has 0 saturated carbocycles. The van der Waals surface area contributed by atoms with Gasteiger partial charge in [-0.2, -0.15) is 0 Å². The summed E-state index contributed by atoms with van der Waals surface area (Å²) in [7, 11) is 0. The van der Waals surface area contributed by atoms with Crippen molar-refractivity contribution in [2.24, 2.45) is 0 Å². The average molecular weight is 491 g/mol. The lowest BCUT2D eigenvalue weighted by Crippen LogP contribution is -2.33. The summed E-state index contributed by atoms with van der Waals surface area (Å²) in [5.41, 5.74) is 3.11. The molecule has 0 saturated heterocycles. The van der Waals surface area contributed by atoms with E-state index in [1.165, 1.54) is 4.90 Å². The van der Waals surface area contributed by atoms with E-state index in [1.54, 1.807) is 24.3 Å². The average Bonchev–Trinajstić information content (AvgIpc) is 3.14. The molecule has 1 aliphatic rings. The minimum absolute atomic E-state index is 0.0259. The van der Waals surface area contributed by atoms with Crippen LogP contribution in [0.1, 0.15) is 31.8 Å². The number of halogens is 1. The van der Waals surface area contributed by atoms with Crippen molar-refractivity contribution in [2.75, 3.05) is 39.5 Å². The lowest BCUT2D eigenvalue weighted by Gasteiger charge is -2.24. The van der Waals surface area contributed by atoms with Crippen LogP contribution in [0.5, 0.6) is 0 Å². The summed E-state index contributed by atoms with van der Waals surface area (Å²) in [5.74, 6) is -0.599. The Labute approximate surface area is 211 Å². The summed E-state index contributed by atoms with van der Waals surface area (Å²) < 4.78 is 25.8. The fraction of sp³-hybridized carbons (Fsp3) is 0.310. The number of hydrogen-bond acceptors (Lipinski definition) is 5. The molecule has 0 aromatic heterocycles. The number of amides is 2. The van der Waals surface area contributed by atoms with E-state index in [-0.39, 0.29) is 51.3 Å². The van der Waals surface area contributed by atoms with Crippen molar-refractivity contribution in [3.05, 3.63) is 107 Å². The lowest BCUT2D eigenvalue weighted by atomic mass is 10.1. The van der Waals surface area contributed by atoms with Crippen LogP contribution < -0.4 is 0 Å². The smallest absolute Gasteiger partial charge is 0.261 e. The normalized spacial score (nSPS) is 13.9. The Kier molecular flexibility index (Phi) is 9.33. The molecule has 0 spiro atoms. The second kappa shape index (κ2) is 13.1. The maximum atomic E-state index is 14.8. The van der Waals surface area contributed by atoms with Crippen molar-refractivity contribution in [3.63, 3.8) is 0 Å². The molecule has 7 heteroatoms. The van der Waals surface area contributed by atoms with Crippen LogP contribution in [0, 0.1) is 0 Å². The van der Waals surface area contributed by atoms with Gasteiger partial charge in [0, 0.05) is 19.6 Å². The topological polar surface area (TPSA) is 59.1 Å². The van der Waals surface area contributed by atoms with Gasteiger partial charge >= 0.3 is 0 Å². The number of carbonyl (C=O) groups excluding carboxylic acids is 2. The predicted octanol–water partition coefficient (Wildman–Crippen LogP) is 4.36. The van der Waals surface area contributed by atoms with E-state index < -0.39 is 6.17 Å². The van der Waals surface area contributed by atoms with Gasteiger partial charge in [0.2, 0.25) is 0 Å². The Bertz CT molecular complexity index is 1050. The highest BCUT2D eigenvalue weighted by Crippen LogP contribution is 2.21. The highest BCUT2D eigenvalue weighted by Gasteiger charge is 2.34. The Morgan fingerprint density at radius 1 is 0.694 bits per heavy atom. The number of rotatable bonds is 14. The van der Waals surface area contributed by atoms with E-state index in [2.05, 4.69) is 4.90 Å². The molecule has 1 atom stereocenters. The first kappa shape index (κ1) is 25.7. The van der Waals surface area contributed by atoms with Crippen molar-refractivity contribution in [1.29, 1.82) is 0 Å². The molecule has 0 aliphatic carbocycles. The third kappa shape index (κ3) is 7.07. The van der Waals surface area contributed by atoms with Gasteiger partial charge in [-0.3, -0.25) is 19.4 Å². The van der Waals surface area contributed by atoms with E-state index in [0.29, 0.717) is 24.2 Å². The summed E-state index contributed by atoms with van der Waals surface area (Å²) >= 11 is 0. The van der Waals surface area contributed by atoms with E-state index in [0.717, 1.165) is 11.1 Å². The first-order chi connectivity index (χ1) is 17.6. The molecule has 3 aromatic rings.